The smallest absolute Gasteiger partial charge is 0.252 e. The Hall–Kier alpha value is -1.82. The molecule has 1 aromatic rings. The first-order valence-corrected chi connectivity index (χ1v) is 8.80. The Bertz CT molecular complexity index is 614. The van der Waals surface area contributed by atoms with Crippen molar-refractivity contribution in [1.29, 1.82) is 0 Å². The summed E-state index contributed by atoms with van der Waals surface area (Å²) >= 11 is 1.53. The van der Waals surface area contributed by atoms with E-state index >= 15 is 0 Å². The number of amidine groups is 1. The topological polar surface area (TPSA) is 70.6 Å². The van der Waals surface area contributed by atoms with Gasteiger partial charge in [0.15, 0.2) is 5.17 Å². The van der Waals surface area contributed by atoms with E-state index in [0.29, 0.717) is 23.1 Å². The number of nitrogens with one attached hydrogen (secondary N) is 2. The summed E-state index contributed by atoms with van der Waals surface area (Å²) in [7, 11) is 0. The number of aryl methyl sites for hydroxylation is 1. The zero-order chi connectivity index (χ0) is 16.8. The fourth-order valence-corrected chi connectivity index (χ4v) is 3.10. The predicted octanol–water partition coefficient (Wildman–Crippen LogP) is 2.36. The van der Waals surface area contributed by atoms with Crippen molar-refractivity contribution in [2.45, 2.75) is 33.2 Å². The lowest BCUT2D eigenvalue weighted by atomic mass is 10.0. The lowest BCUT2D eigenvalue weighted by Crippen LogP contribution is -2.48. The molecular weight excluding hydrogens is 310 g/mol. The number of carbonyl (C=O) groups is 2. The van der Waals surface area contributed by atoms with Crippen LogP contribution in [0.3, 0.4) is 0 Å². The van der Waals surface area contributed by atoms with Gasteiger partial charge in [-0.15, -0.1) is 0 Å². The van der Waals surface area contributed by atoms with Crippen LogP contribution in [-0.2, 0) is 4.79 Å². The lowest BCUT2D eigenvalue weighted by molar-refractivity contribution is -0.121. The molecule has 0 saturated heterocycles. The second kappa shape index (κ2) is 8.15. The average molecular weight is 333 g/mol. The Labute approximate surface area is 141 Å². The summed E-state index contributed by atoms with van der Waals surface area (Å²) in [6, 6.07) is 6.80. The zero-order valence-electron chi connectivity index (χ0n) is 13.8. The lowest BCUT2D eigenvalue weighted by Gasteiger charge is -2.20. The number of benzene rings is 1. The molecule has 0 radical (unpaired) electrons. The van der Waals surface area contributed by atoms with Crippen LogP contribution in [-0.4, -0.2) is 35.3 Å². The number of hydrogen-bond acceptors (Lipinski definition) is 4. The van der Waals surface area contributed by atoms with Crippen molar-refractivity contribution in [3.63, 3.8) is 0 Å². The van der Waals surface area contributed by atoms with E-state index in [9.17, 15) is 9.59 Å². The van der Waals surface area contributed by atoms with Gasteiger partial charge in [-0.2, -0.15) is 0 Å². The van der Waals surface area contributed by atoms with Crippen molar-refractivity contribution in [1.82, 2.24) is 10.6 Å². The Balaban J connectivity index is 2.07. The highest BCUT2D eigenvalue weighted by Crippen LogP contribution is 2.12. The van der Waals surface area contributed by atoms with Crippen LogP contribution in [0.2, 0.25) is 0 Å². The van der Waals surface area contributed by atoms with E-state index in [-0.39, 0.29) is 11.8 Å². The minimum Gasteiger partial charge on any atom is -0.340 e. The Morgan fingerprint density at radius 2 is 2.04 bits per heavy atom. The third-order valence-electron chi connectivity index (χ3n) is 3.53. The highest BCUT2D eigenvalue weighted by Gasteiger charge is 2.24. The highest BCUT2D eigenvalue weighted by molar-refractivity contribution is 8.14. The summed E-state index contributed by atoms with van der Waals surface area (Å²) in [5.74, 6) is 0.764. The summed E-state index contributed by atoms with van der Waals surface area (Å²) < 4.78 is 0. The van der Waals surface area contributed by atoms with Crippen LogP contribution >= 0.6 is 11.8 Å². The number of thioether (sulfide) groups is 1. The van der Waals surface area contributed by atoms with Gasteiger partial charge in [-0.3, -0.25) is 14.6 Å². The van der Waals surface area contributed by atoms with Crippen LogP contribution in [0.25, 0.3) is 0 Å². The predicted molar refractivity (Wildman–Crippen MR) is 94.8 cm³/mol. The van der Waals surface area contributed by atoms with Gasteiger partial charge in [-0.05, 0) is 30.9 Å². The molecule has 1 heterocycles. The van der Waals surface area contributed by atoms with E-state index in [0.717, 1.165) is 17.9 Å². The summed E-state index contributed by atoms with van der Waals surface area (Å²) in [6.45, 7) is 6.67. The van der Waals surface area contributed by atoms with Crippen LogP contribution < -0.4 is 10.6 Å². The van der Waals surface area contributed by atoms with E-state index in [2.05, 4.69) is 15.6 Å². The maximum atomic E-state index is 12.5. The van der Waals surface area contributed by atoms with Gasteiger partial charge in [0.25, 0.3) is 5.91 Å². The maximum absolute atomic E-state index is 12.5. The molecule has 0 aromatic heterocycles. The van der Waals surface area contributed by atoms with Gasteiger partial charge in [-0.1, -0.05) is 43.8 Å². The van der Waals surface area contributed by atoms with E-state index in [1.165, 1.54) is 11.8 Å². The van der Waals surface area contributed by atoms with Gasteiger partial charge in [0.05, 0.1) is 6.54 Å². The number of carbonyl (C=O) groups excluding carboxylic acids is 2. The molecule has 1 atom stereocenters. The van der Waals surface area contributed by atoms with E-state index in [1.807, 2.05) is 39.0 Å². The molecule has 0 saturated carbocycles. The monoisotopic (exact) mass is 333 g/mol. The molecule has 1 aliphatic rings. The van der Waals surface area contributed by atoms with Crippen LogP contribution in [0.1, 0.15) is 36.2 Å². The molecule has 124 valence electrons. The van der Waals surface area contributed by atoms with Crippen LogP contribution in [0.4, 0.5) is 0 Å². The first kappa shape index (κ1) is 17.5. The third kappa shape index (κ3) is 5.10. The van der Waals surface area contributed by atoms with Gasteiger partial charge in [0.2, 0.25) is 5.91 Å². The molecule has 0 bridgehead atoms. The average Bonchev–Trinajstić information content (AvgIpc) is 2.99. The fourth-order valence-electron chi connectivity index (χ4n) is 2.37. The van der Waals surface area contributed by atoms with Crippen molar-refractivity contribution >= 4 is 28.7 Å². The number of amides is 2. The summed E-state index contributed by atoms with van der Waals surface area (Å²) in [4.78, 5) is 29.2. The van der Waals surface area contributed by atoms with Gasteiger partial charge in [0.1, 0.15) is 6.04 Å². The van der Waals surface area contributed by atoms with E-state index in [1.54, 1.807) is 6.07 Å². The van der Waals surface area contributed by atoms with Gasteiger partial charge < -0.3 is 10.6 Å². The van der Waals surface area contributed by atoms with Crippen LogP contribution in [0, 0.1) is 12.8 Å². The number of hydrogen-bond donors (Lipinski definition) is 2. The minimum atomic E-state index is -0.564. The van der Waals surface area contributed by atoms with Crippen LogP contribution in [0.5, 0.6) is 0 Å². The van der Waals surface area contributed by atoms with E-state index in [4.69, 9.17) is 0 Å². The van der Waals surface area contributed by atoms with Crippen molar-refractivity contribution in [2.75, 3.05) is 12.3 Å². The summed E-state index contributed by atoms with van der Waals surface area (Å²) in [5, 5.41) is 6.33. The highest BCUT2D eigenvalue weighted by atomic mass is 32.2. The molecule has 1 unspecified atom stereocenters. The fraction of sp³-hybridized carbons (Fsp3) is 0.471. The Kier molecular flexibility index (Phi) is 6.21. The molecule has 0 fully saturated rings. The number of nitrogens with zero attached hydrogens (tertiary/aromatic N) is 1. The van der Waals surface area contributed by atoms with Gasteiger partial charge in [-0.25, -0.2) is 0 Å². The maximum Gasteiger partial charge on any atom is 0.252 e. The molecular formula is C17H23N3O2S. The second-order valence-electron chi connectivity index (χ2n) is 6.00. The van der Waals surface area contributed by atoms with Gasteiger partial charge in [0, 0.05) is 11.3 Å². The molecule has 0 spiro atoms. The van der Waals surface area contributed by atoms with Crippen LogP contribution in [0.15, 0.2) is 29.3 Å². The first-order valence-electron chi connectivity index (χ1n) is 7.82. The molecule has 2 rings (SSSR count). The summed E-state index contributed by atoms with van der Waals surface area (Å²) in [5.41, 5.74) is 1.49. The zero-order valence-corrected chi connectivity index (χ0v) is 14.6. The number of rotatable bonds is 5. The van der Waals surface area contributed by atoms with Crippen molar-refractivity contribution in [3.8, 4) is 0 Å². The largest absolute Gasteiger partial charge is 0.340 e. The molecule has 5 nitrogen and oxygen atoms in total. The van der Waals surface area contributed by atoms with Gasteiger partial charge >= 0.3 is 0 Å². The molecule has 1 aromatic carbocycles. The standard InChI is InChI=1S/C17H23N3O2S/c1-11(2)10-14(16(22)20-17-18-8-9-23-17)19-15(21)13-7-5-4-6-12(13)3/h4-7,11,14H,8-10H2,1-3H3,(H,19,21)(H,18,20,22). The molecule has 6 heteroatoms. The molecule has 2 N–H and O–H groups in total. The Morgan fingerprint density at radius 3 is 2.65 bits per heavy atom. The van der Waals surface area contributed by atoms with Crippen molar-refractivity contribution in [2.24, 2.45) is 10.9 Å². The third-order valence-corrected chi connectivity index (χ3v) is 4.43. The molecule has 0 aliphatic carbocycles. The van der Waals surface area contributed by atoms with E-state index < -0.39 is 6.04 Å². The quantitative estimate of drug-likeness (QED) is 0.869. The SMILES string of the molecule is Cc1ccccc1C(=O)NC(CC(C)C)C(=O)NC1=NCCS1. The van der Waals surface area contributed by atoms with Crippen molar-refractivity contribution < 1.29 is 9.59 Å². The number of aliphatic imine (C=N–C) groups is 1. The summed E-state index contributed by atoms with van der Waals surface area (Å²) in [6.07, 6.45) is 0.585. The molecule has 23 heavy (non-hydrogen) atoms. The Morgan fingerprint density at radius 1 is 1.30 bits per heavy atom. The first-order chi connectivity index (χ1) is 11.0. The normalized spacial score (nSPS) is 15.2. The van der Waals surface area contributed by atoms with Crippen molar-refractivity contribution in [3.05, 3.63) is 35.4 Å². The molecule has 1 aliphatic heterocycles. The minimum absolute atomic E-state index is 0.200. The second-order valence-corrected chi connectivity index (χ2v) is 7.08. The molecule has 2 amide bonds.